The first-order valence-electron chi connectivity index (χ1n) is 7.82. The number of hydrogen-bond acceptors (Lipinski definition) is 3. The molecule has 0 aliphatic rings. The number of carbonyl (C=O) groups is 1. The minimum atomic E-state index is -3.67. The fourth-order valence-electron chi connectivity index (χ4n) is 2.18. The Bertz CT molecular complexity index is 828. The largest absolute Gasteiger partial charge is 0.326 e. The molecule has 128 valence electrons. The predicted octanol–water partition coefficient (Wildman–Crippen LogP) is 3.84. The van der Waals surface area contributed by atoms with E-state index in [0.29, 0.717) is 17.8 Å². The Hall–Kier alpha value is -2.34. The zero-order chi connectivity index (χ0) is 17.7. The highest BCUT2D eigenvalue weighted by atomic mass is 32.2. The van der Waals surface area contributed by atoms with Crippen molar-refractivity contribution < 1.29 is 13.2 Å². The van der Waals surface area contributed by atoms with E-state index in [2.05, 4.69) is 10.0 Å². The monoisotopic (exact) mass is 346 g/mol. The Kier molecular flexibility index (Phi) is 5.62. The Balaban J connectivity index is 2.25. The summed E-state index contributed by atoms with van der Waals surface area (Å²) in [7, 11) is -3.67. The van der Waals surface area contributed by atoms with Crippen LogP contribution in [0.1, 0.15) is 30.9 Å². The lowest BCUT2D eigenvalue weighted by atomic mass is 10.2. The average molecular weight is 346 g/mol. The molecule has 2 rings (SSSR count). The standard InChI is InChI=1S/C18H22N2O3S/c1-4-5-18(21)19-15-9-8-14(3)17(12-15)20-24(22,23)16-10-6-13(2)7-11-16/h6-12,20H,4-5H2,1-3H3,(H,19,21). The smallest absolute Gasteiger partial charge is 0.261 e. The van der Waals surface area contributed by atoms with Crippen LogP contribution in [0.25, 0.3) is 0 Å². The van der Waals surface area contributed by atoms with Gasteiger partial charge in [-0.2, -0.15) is 0 Å². The van der Waals surface area contributed by atoms with Crippen molar-refractivity contribution >= 4 is 27.3 Å². The van der Waals surface area contributed by atoms with Gasteiger partial charge in [0.2, 0.25) is 5.91 Å². The molecule has 5 nitrogen and oxygen atoms in total. The van der Waals surface area contributed by atoms with Gasteiger partial charge in [0, 0.05) is 12.1 Å². The molecule has 0 bridgehead atoms. The normalized spacial score (nSPS) is 11.1. The zero-order valence-electron chi connectivity index (χ0n) is 14.1. The predicted molar refractivity (Wildman–Crippen MR) is 96.7 cm³/mol. The number of amides is 1. The fraction of sp³-hybridized carbons (Fsp3) is 0.278. The van der Waals surface area contributed by atoms with E-state index >= 15 is 0 Å². The molecule has 24 heavy (non-hydrogen) atoms. The molecule has 2 N–H and O–H groups in total. The second kappa shape index (κ2) is 7.49. The Morgan fingerprint density at radius 1 is 1.04 bits per heavy atom. The van der Waals surface area contributed by atoms with E-state index in [0.717, 1.165) is 17.5 Å². The fourth-order valence-corrected chi connectivity index (χ4v) is 3.30. The molecule has 1 amide bonds. The number of rotatable bonds is 6. The number of aryl methyl sites for hydroxylation is 2. The van der Waals surface area contributed by atoms with Crippen LogP contribution in [0.2, 0.25) is 0 Å². The van der Waals surface area contributed by atoms with E-state index in [1.807, 2.05) is 20.8 Å². The summed E-state index contributed by atoms with van der Waals surface area (Å²) in [5.41, 5.74) is 2.79. The molecule has 0 fully saturated rings. The Morgan fingerprint density at radius 2 is 1.71 bits per heavy atom. The SMILES string of the molecule is CCCC(=O)Nc1ccc(C)c(NS(=O)(=O)c2ccc(C)cc2)c1. The van der Waals surface area contributed by atoms with Gasteiger partial charge in [0.05, 0.1) is 10.6 Å². The van der Waals surface area contributed by atoms with Crippen LogP contribution >= 0.6 is 0 Å². The van der Waals surface area contributed by atoms with Crippen LogP contribution in [0.3, 0.4) is 0 Å². The summed E-state index contributed by atoms with van der Waals surface area (Å²) in [6.45, 7) is 5.64. The average Bonchev–Trinajstić information content (AvgIpc) is 2.51. The molecule has 0 unspecified atom stereocenters. The van der Waals surface area contributed by atoms with Gasteiger partial charge in [0.15, 0.2) is 0 Å². The van der Waals surface area contributed by atoms with Crippen molar-refractivity contribution in [2.24, 2.45) is 0 Å². The summed E-state index contributed by atoms with van der Waals surface area (Å²) in [6, 6.07) is 11.8. The number of nitrogens with one attached hydrogen (secondary N) is 2. The highest BCUT2D eigenvalue weighted by Gasteiger charge is 2.15. The lowest BCUT2D eigenvalue weighted by Gasteiger charge is -2.13. The van der Waals surface area contributed by atoms with Crippen molar-refractivity contribution in [1.82, 2.24) is 0 Å². The van der Waals surface area contributed by atoms with E-state index < -0.39 is 10.0 Å². The van der Waals surface area contributed by atoms with Gasteiger partial charge < -0.3 is 5.32 Å². The second-order valence-corrected chi connectivity index (χ2v) is 7.43. The summed E-state index contributed by atoms with van der Waals surface area (Å²) in [5, 5.41) is 2.77. The molecule has 0 atom stereocenters. The molecule has 0 radical (unpaired) electrons. The maximum Gasteiger partial charge on any atom is 0.261 e. The number of carbonyl (C=O) groups excluding carboxylic acids is 1. The van der Waals surface area contributed by atoms with Crippen LogP contribution in [0, 0.1) is 13.8 Å². The third kappa shape index (κ3) is 4.58. The maximum atomic E-state index is 12.5. The molecule has 0 saturated heterocycles. The van der Waals surface area contributed by atoms with Gasteiger partial charge in [-0.15, -0.1) is 0 Å². The molecule has 2 aromatic rings. The molecular weight excluding hydrogens is 324 g/mol. The topological polar surface area (TPSA) is 75.3 Å². The highest BCUT2D eigenvalue weighted by Crippen LogP contribution is 2.24. The van der Waals surface area contributed by atoms with E-state index in [4.69, 9.17) is 0 Å². The van der Waals surface area contributed by atoms with Crippen molar-refractivity contribution in [1.29, 1.82) is 0 Å². The van der Waals surface area contributed by atoms with E-state index in [1.54, 1.807) is 42.5 Å². The molecule has 0 saturated carbocycles. The third-order valence-electron chi connectivity index (χ3n) is 3.57. The van der Waals surface area contributed by atoms with Crippen LogP contribution < -0.4 is 10.0 Å². The summed E-state index contributed by atoms with van der Waals surface area (Å²) in [5.74, 6) is -0.0892. The summed E-state index contributed by atoms with van der Waals surface area (Å²) >= 11 is 0. The molecule has 0 spiro atoms. The number of hydrogen-bond donors (Lipinski definition) is 2. The van der Waals surface area contributed by atoms with Crippen LogP contribution in [0.15, 0.2) is 47.4 Å². The van der Waals surface area contributed by atoms with Crippen molar-refractivity contribution in [3.63, 3.8) is 0 Å². The maximum absolute atomic E-state index is 12.5. The Morgan fingerprint density at radius 3 is 2.33 bits per heavy atom. The first kappa shape index (κ1) is 18.0. The van der Waals surface area contributed by atoms with Gasteiger partial charge in [0.25, 0.3) is 10.0 Å². The lowest BCUT2D eigenvalue weighted by Crippen LogP contribution is -2.15. The summed E-state index contributed by atoms with van der Waals surface area (Å²) in [6.07, 6.45) is 1.18. The summed E-state index contributed by atoms with van der Waals surface area (Å²) < 4.78 is 27.6. The van der Waals surface area contributed by atoms with Crippen molar-refractivity contribution in [3.8, 4) is 0 Å². The molecule has 6 heteroatoms. The van der Waals surface area contributed by atoms with E-state index in [9.17, 15) is 13.2 Å². The molecule has 0 heterocycles. The third-order valence-corrected chi connectivity index (χ3v) is 4.96. The lowest BCUT2D eigenvalue weighted by molar-refractivity contribution is -0.116. The highest BCUT2D eigenvalue weighted by molar-refractivity contribution is 7.92. The minimum absolute atomic E-state index is 0.0892. The number of anilines is 2. The first-order chi connectivity index (χ1) is 11.3. The Labute approximate surface area is 143 Å². The van der Waals surface area contributed by atoms with Gasteiger partial charge in [-0.1, -0.05) is 30.7 Å². The zero-order valence-corrected chi connectivity index (χ0v) is 14.9. The molecule has 2 aromatic carbocycles. The van der Waals surface area contributed by atoms with Gasteiger partial charge >= 0.3 is 0 Å². The molecule has 0 aliphatic carbocycles. The molecule has 0 aromatic heterocycles. The van der Waals surface area contributed by atoms with Crippen LogP contribution in [-0.4, -0.2) is 14.3 Å². The van der Waals surface area contributed by atoms with Crippen molar-refractivity contribution in [2.75, 3.05) is 10.0 Å². The van der Waals surface area contributed by atoms with Crippen molar-refractivity contribution in [3.05, 3.63) is 53.6 Å². The van der Waals surface area contributed by atoms with Gasteiger partial charge in [0.1, 0.15) is 0 Å². The van der Waals surface area contributed by atoms with Crippen molar-refractivity contribution in [2.45, 2.75) is 38.5 Å². The molecular formula is C18H22N2O3S. The van der Waals surface area contributed by atoms with Crippen LogP contribution in [0.5, 0.6) is 0 Å². The minimum Gasteiger partial charge on any atom is -0.326 e. The molecule has 0 aliphatic heterocycles. The quantitative estimate of drug-likeness (QED) is 0.834. The van der Waals surface area contributed by atoms with Gasteiger partial charge in [-0.25, -0.2) is 8.42 Å². The second-order valence-electron chi connectivity index (χ2n) is 5.75. The van der Waals surface area contributed by atoms with Crippen LogP contribution in [0.4, 0.5) is 11.4 Å². The number of sulfonamides is 1. The first-order valence-corrected chi connectivity index (χ1v) is 9.30. The van der Waals surface area contributed by atoms with Crippen LogP contribution in [-0.2, 0) is 14.8 Å². The summed E-state index contributed by atoms with van der Waals surface area (Å²) in [4.78, 5) is 11.9. The van der Waals surface area contributed by atoms with E-state index in [1.165, 1.54) is 0 Å². The number of benzene rings is 2. The van der Waals surface area contributed by atoms with E-state index in [-0.39, 0.29) is 10.8 Å². The van der Waals surface area contributed by atoms with Gasteiger partial charge in [-0.3, -0.25) is 9.52 Å². The van der Waals surface area contributed by atoms with Gasteiger partial charge in [-0.05, 0) is 50.1 Å².